The molecule has 0 aliphatic rings. The van der Waals surface area contributed by atoms with Gasteiger partial charge in [0, 0.05) is 11.8 Å². The number of hydrogen-bond donors (Lipinski definition) is 2. The number of carboxylic acid groups (broad SMARTS) is 1. The summed E-state index contributed by atoms with van der Waals surface area (Å²) < 4.78 is 43.2. The number of carbonyl (C=O) groups excluding carboxylic acids is 1. The molecule has 0 atom stereocenters. The van der Waals surface area contributed by atoms with Crippen LogP contribution in [-0.2, 0) is 19.6 Å². The molecule has 0 fully saturated rings. The lowest BCUT2D eigenvalue weighted by Crippen LogP contribution is -2.15. The van der Waals surface area contributed by atoms with Crippen LogP contribution in [0.3, 0.4) is 0 Å². The Balaban J connectivity index is 2.54. The van der Waals surface area contributed by atoms with Crippen molar-refractivity contribution in [2.24, 2.45) is 0 Å². The highest BCUT2D eigenvalue weighted by atomic mass is 32.2. The summed E-state index contributed by atoms with van der Waals surface area (Å²) in [5, 5.41) is 9.08. The van der Waals surface area contributed by atoms with Gasteiger partial charge < -0.3 is 19.3 Å². The molecule has 2 aromatic rings. The first-order chi connectivity index (χ1) is 13.7. The molecule has 2 rings (SSSR count). The lowest BCUT2D eigenvalue weighted by atomic mass is 10.2. The minimum absolute atomic E-state index is 0.0513. The topological polar surface area (TPSA) is 128 Å². The number of hydrogen-bond acceptors (Lipinski definition) is 7. The molecule has 29 heavy (non-hydrogen) atoms. The van der Waals surface area contributed by atoms with Gasteiger partial charge in [0.2, 0.25) is 0 Å². The summed E-state index contributed by atoms with van der Waals surface area (Å²) in [5.74, 6) is -1.74. The molecule has 154 valence electrons. The molecule has 0 spiro atoms. The van der Waals surface area contributed by atoms with Crippen LogP contribution in [0.25, 0.3) is 6.08 Å². The molecule has 2 N–H and O–H groups in total. The van der Waals surface area contributed by atoms with Crippen molar-refractivity contribution in [3.05, 3.63) is 53.6 Å². The van der Waals surface area contributed by atoms with Crippen molar-refractivity contribution in [1.82, 2.24) is 0 Å². The number of rotatable bonds is 8. The summed E-state index contributed by atoms with van der Waals surface area (Å²) in [7, 11) is -0.358. The van der Waals surface area contributed by atoms with E-state index < -0.39 is 22.0 Å². The number of sulfonamides is 1. The Labute approximate surface area is 167 Å². The van der Waals surface area contributed by atoms with E-state index in [1.165, 1.54) is 63.8 Å². The highest BCUT2D eigenvalue weighted by Crippen LogP contribution is 2.37. The van der Waals surface area contributed by atoms with Crippen LogP contribution in [-0.4, -0.2) is 46.8 Å². The van der Waals surface area contributed by atoms with E-state index in [0.717, 1.165) is 6.08 Å². The molecule has 0 aliphatic carbocycles. The van der Waals surface area contributed by atoms with Gasteiger partial charge in [-0.15, -0.1) is 0 Å². The summed E-state index contributed by atoms with van der Waals surface area (Å²) in [4.78, 5) is 22.2. The van der Waals surface area contributed by atoms with E-state index in [1.54, 1.807) is 0 Å². The van der Waals surface area contributed by atoms with Crippen LogP contribution in [0.15, 0.2) is 47.4 Å². The maximum atomic E-state index is 13.0. The van der Waals surface area contributed by atoms with Gasteiger partial charge in [0.1, 0.15) is 4.90 Å². The largest absolute Gasteiger partial charge is 0.493 e. The molecule has 0 radical (unpaired) electrons. The summed E-state index contributed by atoms with van der Waals surface area (Å²) in [6.07, 6.45) is 2.49. The van der Waals surface area contributed by atoms with Gasteiger partial charge in [0.15, 0.2) is 11.5 Å². The van der Waals surface area contributed by atoms with E-state index >= 15 is 0 Å². The van der Waals surface area contributed by atoms with Gasteiger partial charge in [0.05, 0.1) is 26.9 Å². The van der Waals surface area contributed by atoms with Crippen LogP contribution in [0.4, 0.5) is 5.69 Å². The number of esters is 1. The van der Waals surface area contributed by atoms with Crippen LogP contribution in [0.2, 0.25) is 0 Å². The fourth-order valence-electron chi connectivity index (χ4n) is 2.40. The van der Waals surface area contributed by atoms with E-state index in [2.05, 4.69) is 9.46 Å². The predicted molar refractivity (Wildman–Crippen MR) is 105 cm³/mol. The van der Waals surface area contributed by atoms with E-state index in [4.69, 9.17) is 14.6 Å². The molecule has 2 aromatic carbocycles. The average molecular weight is 421 g/mol. The zero-order valence-electron chi connectivity index (χ0n) is 15.8. The number of methoxy groups -OCH3 is 3. The third-order valence-electron chi connectivity index (χ3n) is 3.73. The molecule has 0 saturated carbocycles. The Morgan fingerprint density at radius 3 is 2.38 bits per heavy atom. The third-order valence-corrected chi connectivity index (χ3v) is 5.12. The fourth-order valence-corrected chi connectivity index (χ4v) is 3.67. The van der Waals surface area contributed by atoms with Crippen molar-refractivity contribution < 1.29 is 37.3 Å². The Hall–Kier alpha value is -3.53. The number of nitrogens with one attached hydrogen (secondary N) is 1. The number of benzene rings is 2. The summed E-state index contributed by atoms with van der Waals surface area (Å²) in [6.45, 7) is 0. The van der Waals surface area contributed by atoms with Crippen LogP contribution in [0.1, 0.15) is 15.9 Å². The summed E-state index contributed by atoms with van der Waals surface area (Å²) in [5.41, 5.74) is 0.318. The van der Waals surface area contributed by atoms with Gasteiger partial charge in [-0.1, -0.05) is 6.07 Å². The zero-order valence-corrected chi connectivity index (χ0v) is 16.6. The van der Waals surface area contributed by atoms with Crippen LogP contribution in [0, 0.1) is 0 Å². The van der Waals surface area contributed by atoms with Gasteiger partial charge in [-0.25, -0.2) is 18.0 Å². The second-order valence-electron chi connectivity index (χ2n) is 5.60. The molecule has 0 saturated heterocycles. The highest BCUT2D eigenvalue weighted by molar-refractivity contribution is 7.92. The quantitative estimate of drug-likeness (QED) is 0.491. The van der Waals surface area contributed by atoms with Crippen LogP contribution in [0.5, 0.6) is 11.5 Å². The van der Waals surface area contributed by atoms with E-state index in [0.29, 0.717) is 5.56 Å². The Kier molecular flexibility index (Phi) is 6.84. The predicted octanol–water partition coefficient (Wildman–Crippen LogP) is 2.39. The van der Waals surface area contributed by atoms with Crippen molar-refractivity contribution in [3.63, 3.8) is 0 Å². The zero-order chi connectivity index (χ0) is 21.6. The third kappa shape index (κ3) is 5.26. The van der Waals surface area contributed by atoms with E-state index in [-0.39, 0.29) is 27.6 Å². The van der Waals surface area contributed by atoms with Crippen molar-refractivity contribution in [2.75, 3.05) is 26.1 Å². The number of anilines is 1. The molecule has 0 heterocycles. The minimum atomic E-state index is -4.20. The highest BCUT2D eigenvalue weighted by Gasteiger charge is 2.24. The smallest absolute Gasteiger partial charge is 0.335 e. The van der Waals surface area contributed by atoms with Crippen molar-refractivity contribution in [3.8, 4) is 11.5 Å². The number of ether oxygens (including phenoxy) is 3. The Morgan fingerprint density at radius 1 is 1.07 bits per heavy atom. The number of aromatic carboxylic acids is 1. The first-order valence-corrected chi connectivity index (χ1v) is 9.58. The van der Waals surface area contributed by atoms with Gasteiger partial charge in [-0.2, -0.15) is 0 Å². The molecule has 0 aliphatic heterocycles. The van der Waals surface area contributed by atoms with Gasteiger partial charge >= 0.3 is 11.9 Å². The summed E-state index contributed by atoms with van der Waals surface area (Å²) in [6, 6.07) is 8.11. The van der Waals surface area contributed by atoms with Gasteiger partial charge in [0.25, 0.3) is 10.0 Å². The standard InChI is InChI=1S/C19H19NO8S/c1-26-15-9-12(7-8-17(21)27-2)10-16(18(15)28-3)29(24,25)20-14-6-4-5-13(11-14)19(22)23/h4-11,20H,1-3H3,(H,22,23). The molecule has 10 heteroatoms. The maximum Gasteiger partial charge on any atom is 0.335 e. The molecule has 9 nitrogen and oxygen atoms in total. The first-order valence-electron chi connectivity index (χ1n) is 8.10. The average Bonchev–Trinajstić information content (AvgIpc) is 2.70. The Bertz CT molecular complexity index is 1060. The monoisotopic (exact) mass is 421 g/mol. The second-order valence-corrected chi connectivity index (χ2v) is 7.25. The van der Waals surface area contributed by atoms with Crippen molar-refractivity contribution in [2.45, 2.75) is 4.90 Å². The van der Waals surface area contributed by atoms with E-state index in [1.807, 2.05) is 0 Å². The van der Waals surface area contributed by atoms with Crippen LogP contribution >= 0.6 is 0 Å². The Morgan fingerprint density at radius 2 is 1.79 bits per heavy atom. The molecular weight excluding hydrogens is 402 g/mol. The SMILES string of the molecule is COC(=O)C=Cc1cc(OC)c(OC)c(S(=O)(=O)Nc2cccc(C(=O)O)c2)c1. The second kappa shape index (κ2) is 9.11. The fraction of sp³-hybridized carbons (Fsp3) is 0.158. The van der Waals surface area contributed by atoms with E-state index in [9.17, 15) is 18.0 Å². The molecular formula is C19H19NO8S. The lowest BCUT2D eigenvalue weighted by Gasteiger charge is -2.15. The minimum Gasteiger partial charge on any atom is -0.493 e. The number of carboxylic acids is 1. The van der Waals surface area contributed by atoms with Gasteiger partial charge in [-0.05, 0) is 42.0 Å². The van der Waals surface area contributed by atoms with Crippen molar-refractivity contribution in [1.29, 1.82) is 0 Å². The molecule has 0 amide bonds. The summed E-state index contributed by atoms with van der Waals surface area (Å²) >= 11 is 0. The van der Waals surface area contributed by atoms with Crippen LogP contribution < -0.4 is 14.2 Å². The molecule has 0 unspecified atom stereocenters. The maximum absolute atomic E-state index is 13.0. The molecule has 0 bridgehead atoms. The lowest BCUT2D eigenvalue weighted by molar-refractivity contribution is -0.134. The molecule has 0 aromatic heterocycles. The first kappa shape index (κ1) is 21.8. The van der Waals surface area contributed by atoms with Crippen molar-refractivity contribution >= 4 is 33.7 Å². The number of carbonyl (C=O) groups is 2. The van der Waals surface area contributed by atoms with Gasteiger partial charge in [-0.3, -0.25) is 4.72 Å². The normalized spacial score (nSPS) is 11.1.